The number of hydrogen-bond donors (Lipinski definition) is 1. The molecule has 1 aromatic rings. The van der Waals surface area contributed by atoms with Gasteiger partial charge in [0.15, 0.2) is 0 Å². The maximum Gasteiger partial charge on any atom is -0.147 e. The Bertz CT molecular complexity index is 552. The Morgan fingerprint density at radius 3 is 2.48 bits per heavy atom. The monoisotopic (exact) mass is 389 g/mol. The predicted octanol–water partition coefficient (Wildman–Crippen LogP) is 6.10. The van der Waals surface area contributed by atoms with E-state index in [-0.39, 0.29) is 44.2 Å². The minimum Gasteiger partial charge on any atom is -0.147 e. The van der Waals surface area contributed by atoms with Gasteiger partial charge in [0.1, 0.15) is 0 Å². The topological polar surface area (TPSA) is 12.0 Å². The smallest absolute Gasteiger partial charge is 0.147 e. The van der Waals surface area contributed by atoms with E-state index in [1.165, 1.54) is 41.7 Å². The van der Waals surface area contributed by atoms with Gasteiger partial charge in [-0.05, 0) is 0 Å². The van der Waals surface area contributed by atoms with Crippen LogP contribution in [0.25, 0.3) is 5.57 Å². The summed E-state index contributed by atoms with van der Waals surface area (Å²) < 4.78 is 4.40. The molecule has 128 valence electrons. The molecule has 0 aliphatic heterocycles. The van der Waals surface area contributed by atoms with E-state index in [2.05, 4.69) is 61.8 Å². The van der Waals surface area contributed by atoms with Gasteiger partial charge in [-0.1, -0.05) is 0 Å². The van der Waals surface area contributed by atoms with Crippen molar-refractivity contribution in [2.24, 2.45) is 0 Å². The van der Waals surface area contributed by atoms with Crippen LogP contribution < -0.4 is 3.80 Å². The van der Waals surface area contributed by atoms with Gasteiger partial charge in [0.25, 0.3) is 0 Å². The predicted molar refractivity (Wildman–Crippen MR) is 103 cm³/mol. The fraction of sp³-hybridized carbons (Fsp3) is 0.474. The molecule has 0 spiro atoms. The summed E-state index contributed by atoms with van der Waals surface area (Å²) in [4.78, 5) is 0. The molecule has 0 aromatic heterocycles. The molecule has 0 amide bonds. The molecule has 1 nitrogen and oxygen atoms in total. The van der Waals surface area contributed by atoms with Crippen molar-refractivity contribution in [3.8, 4) is 0 Å². The summed E-state index contributed by atoms with van der Waals surface area (Å²) in [5, 5.41) is 0. The third kappa shape index (κ3) is 6.40. The summed E-state index contributed by atoms with van der Waals surface area (Å²) in [6.07, 6.45) is 6.04. The van der Waals surface area contributed by atoms with Crippen molar-refractivity contribution in [1.82, 2.24) is 3.80 Å². The van der Waals surface area contributed by atoms with Crippen LogP contribution in [0.15, 0.2) is 41.5 Å². The summed E-state index contributed by atoms with van der Waals surface area (Å²) in [5.74, 6) is 0. The molecular weight excluding hydrogens is 361 g/mol. The van der Waals surface area contributed by atoms with Gasteiger partial charge in [-0.15, -0.1) is 24.8 Å². The number of allylic oxidation sites excluding steroid dienone is 4. The summed E-state index contributed by atoms with van der Waals surface area (Å²) in [6.45, 7) is 10.3. The molecule has 0 saturated heterocycles. The zero-order valence-corrected chi connectivity index (χ0v) is 17.8. The molecule has 1 N–H and O–H groups in total. The molecule has 23 heavy (non-hydrogen) atoms. The van der Waals surface area contributed by atoms with Crippen LogP contribution in [0.4, 0.5) is 0 Å². The molecule has 0 bridgehead atoms. The SMILES string of the molecule is CCCC[NH][Ti][CH](C)c1ccccc1C1=C(C)C=C(C)C1.Cl.Cl. The molecule has 0 fully saturated rings. The molecule has 1 unspecified atom stereocenters. The minimum absolute atomic E-state index is 0. The minimum atomic E-state index is -0.119. The first-order valence-electron chi connectivity index (χ1n) is 8.08. The number of hydrogen-bond acceptors (Lipinski definition) is 1. The molecule has 0 heterocycles. The van der Waals surface area contributed by atoms with E-state index >= 15 is 0 Å². The van der Waals surface area contributed by atoms with E-state index in [0.717, 1.165) is 6.42 Å². The molecule has 4 heteroatoms. The molecule has 1 atom stereocenters. The van der Waals surface area contributed by atoms with E-state index in [1.807, 2.05) is 0 Å². The van der Waals surface area contributed by atoms with Gasteiger partial charge in [-0.25, -0.2) is 0 Å². The van der Waals surface area contributed by atoms with Crippen molar-refractivity contribution in [3.05, 3.63) is 52.6 Å². The van der Waals surface area contributed by atoms with E-state index in [4.69, 9.17) is 0 Å². The van der Waals surface area contributed by atoms with E-state index in [0.29, 0.717) is 4.22 Å². The molecular formula is C19H29Cl2NTi. The van der Waals surface area contributed by atoms with Crippen LogP contribution in [-0.4, -0.2) is 6.54 Å². The van der Waals surface area contributed by atoms with Crippen molar-refractivity contribution >= 4 is 30.4 Å². The van der Waals surface area contributed by atoms with Crippen LogP contribution >= 0.6 is 24.8 Å². The summed E-state index contributed by atoms with van der Waals surface area (Å²) in [6, 6.07) is 9.02. The zero-order chi connectivity index (χ0) is 15.2. The third-order valence-corrected chi connectivity index (χ3v) is 5.99. The Kier molecular flexibility index (Phi) is 11.5. The van der Waals surface area contributed by atoms with E-state index in [1.54, 1.807) is 5.56 Å². The van der Waals surface area contributed by atoms with E-state index in [9.17, 15) is 0 Å². The second kappa shape index (κ2) is 11.5. The molecule has 1 aliphatic carbocycles. The second-order valence-corrected chi connectivity index (χ2v) is 8.42. The van der Waals surface area contributed by atoms with Gasteiger partial charge in [0.05, 0.1) is 0 Å². The fourth-order valence-electron chi connectivity index (χ4n) is 2.95. The van der Waals surface area contributed by atoms with Gasteiger partial charge >= 0.3 is 139 Å². The van der Waals surface area contributed by atoms with Gasteiger partial charge in [0.2, 0.25) is 0 Å². The zero-order valence-electron chi connectivity index (χ0n) is 14.6. The van der Waals surface area contributed by atoms with Crippen LogP contribution in [0, 0.1) is 0 Å². The second-order valence-electron chi connectivity index (χ2n) is 6.06. The standard InChI is InChI=1S/C15H17.C4H10N.2ClH.Ti/c1-4-13-7-5-6-8-14(13)15-10-11(2)9-12(15)3;1-2-3-4-5;;;/h4-9H,10H2,1-3H3;5H,2-4H2,1H3;2*1H;/q;-1;;;+1. The van der Waals surface area contributed by atoms with Gasteiger partial charge in [-0.3, -0.25) is 0 Å². The first-order valence-corrected chi connectivity index (χ1v) is 9.76. The van der Waals surface area contributed by atoms with Crippen LogP contribution in [0.3, 0.4) is 0 Å². The van der Waals surface area contributed by atoms with Crippen molar-refractivity contribution in [2.45, 2.75) is 51.2 Å². The quantitative estimate of drug-likeness (QED) is 0.438. The van der Waals surface area contributed by atoms with Crippen LogP contribution in [0.1, 0.15) is 62.3 Å². The van der Waals surface area contributed by atoms with Crippen molar-refractivity contribution < 1.29 is 19.4 Å². The average Bonchev–Trinajstić information content (AvgIpc) is 2.82. The van der Waals surface area contributed by atoms with Gasteiger partial charge in [-0.2, -0.15) is 0 Å². The third-order valence-electron chi connectivity index (χ3n) is 4.12. The first kappa shape index (κ1) is 23.0. The molecule has 2 rings (SSSR count). The number of rotatable bonds is 7. The van der Waals surface area contributed by atoms with Gasteiger partial charge < -0.3 is 0 Å². The molecule has 1 aromatic carbocycles. The molecule has 0 saturated carbocycles. The Hall–Kier alpha value is -0.0457. The van der Waals surface area contributed by atoms with Gasteiger partial charge in [0, 0.05) is 0 Å². The largest absolute Gasteiger partial charge is 0.147 e. The summed E-state index contributed by atoms with van der Waals surface area (Å²) >= 11 is -0.119. The number of benzene rings is 1. The van der Waals surface area contributed by atoms with E-state index < -0.39 is 0 Å². The summed E-state index contributed by atoms with van der Waals surface area (Å²) in [5.41, 5.74) is 7.50. The number of unbranched alkanes of at least 4 members (excludes halogenated alkanes) is 1. The fourth-order valence-corrected chi connectivity index (χ4v) is 4.57. The molecule has 0 radical (unpaired) electrons. The van der Waals surface area contributed by atoms with Crippen molar-refractivity contribution in [3.63, 3.8) is 0 Å². The van der Waals surface area contributed by atoms with Crippen molar-refractivity contribution in [1.29, 1.82) is 0 Å². The molecule has 1 aliphatic rings. The van der Waals surface area contributed by atoms with Crippen molar-refractivity contribution in [2.75, 3.05) is 6.54 Å². The Morgan fingerprint density at radius 1 is 1.17 bits per heavy atom. The first-order chi connectivity index (χ1) is 10.1. The summed E-state index contributed by atoms with van der Waals surface area (Å²) in [7, 11) is 0. The Labute approximate surface area is 163 Å². The van der Waals surface area contributed by atoms with Crippen LogP contribution in [-0.2, 0) is 19.4 Å². The average molecular weight is 390 g/mol. The normalized spacial score (nSPS) is 14.7. The number of halogens is 2. The maximum atomic E-state index is 3.72. The van der Waals surface area contributed by atoms with Crippen LogP contribution in [0.2, 0.25) is 0 Å². The Balaban J connectivity index is 0.00000242. The number of nitrogens with one attached hydrogen (secondary N) is 1. The Morgan fingerprint density at radius 2 is 1.87 bits per heavy atom. The maximum absolute atomic E-state index is 3.72. The van der Waals surface area contributed by atoms with Crippen LogP contribution in [0.5, 0.6) is 0 Å².